The third kappa shape index (κ3) is 2.25. The molecule has 0 radical (unpaired) electrons. The number of rotatable bonds is 3. The molecule has 0 saturated heterocycles. The van der Waals surface area contributed by atoms with Gasteiger partial charge in [0.15, 0.2) is 5.16 Å². The van der Waals surface area contributed by atoms with Crippen LogP contribution in [0.1, 0.15) is 11.4 Å². The molecule has 2 aromatic heterocycles. The molecule has 2 heterocycles. The van der Waals surface area contributed by atoms with Crippen LogP contribution in [0.3, 0.4) is 0 Å². The topological polar surface area (TPSA) is 50.9 Å². The summed E-state index contributed by atoms with van der Waals surface area (Å²) in [4.78, 5) is 8.63. The predicted molar refractivity (Wildman–Crippen MR) is 62.2 cm³/mol. The van der Waals surface area contributed by atoms with E-state index in [1.165, 1.54) is 11.8 Å². The third-order valence-corrected chi connectivity index (χ3v) is 3.26. The Balaban J connectivity index is 2.24. The van der Waals surface area contributed by atoms with Crippen molar-refractivity contribution in [1.29, 1.82) is 0 Å². The Hall–Kier alpha value is -1.33. The van der Waals surface area contributed by atoms with Gasteiger partial charge >= 0.3 is 0 Å². The second-order valence-electron chi connectivity index (χ2n) is 3.47. The van der Waals surface area contributed by atoms with E-state index in [9.17, 15) is 0 Å². The third-order valence-electron chi connectivity index (χ3n) is 2.26. The molecule has 2 aromatic rings. The molecule has 0 aliphatic heterocycles. The average Bonchev–Trinajstić information content (AvgIpc) is 2.60. The molecule has 0 atom stereocenters. The van der Waals surface area contributed by atoms with E-state index in [1.54, 1.807) is 6.20 Å². The predicted octanol–water partition coefficient (Wildman–Crippen LogP) is 1.77. The first-order valence-electron chi connectivity index (χ1n) is 4.93. The normalized spacial score (nSPS) is 10.7. The second kappa shape index (κ2) is 4.67. The van der Waals surface area contributed by atoms with E-state index in [-0.39, 0.29) is 6.61 Å². The van der Waals surface area contributed by atoms with Crippen molar-refractivity contribution in [2.45, 2.75) is 23.7 Å². The highest BCUT2D eigenvalue weighted by molar-refractivity contribution is 7.99. The van der Waals surface area contributed by atoms with Crippen molar-refractivity contribution in [2.75, 3.05) is 0 Å². The van der Waals surface area contributed by atoms with Gasteiger partial charge in [-0.05, 0) is 30.8 Å². The molecule has 4 nitrogen and oxygen atoms in total. The molecule has 0 bridgehead atoms. The van der Waals surface area contributed by atoms with Crippen LogP contribution < -0.4 is 0 Å². The smallest absolute Gasteiger partial charge is 0.174 e. The monoisotopic (exact) mass is 235 g/mol. The highest BCUT2D eigenvalue weighted by atomic mass is 32.2. The van der Waals surface area contributed by atoms with Crippen LogP contribution in [-0.4, -0.2) is 19.6 Å². The second-order valence-corrected chi connectivity index (χ2v) is 4.46. The number of aromatic nitrogens is 3. The van der Waals surface area contributed by atoms with Crippen LogP contribution in [0.25, 0.3) is 0 Å². The minimum Gasteiger partial charge on any atom is -0.390 e. The minimum atomic E-state index is 0.00526. The highest BCUT2D eigenvalue weighted by Gasteiger charge is 2.07. The average molecular weight is 235 g/mol. The first-order valence-corrected chi connectivity index (χ1v) is 5.75. The highest BCUT2D eigenvalue weighted by Crippen LogP contribution is 2.25. The van der Waals surface area contributed by atoms with Crippen molar-refractivity contribution in [3.63, 3.8) is 0 Å². The van der Waals surface area contributed by atoms with E-state index in [0.29, 0.717) is 0 Å². The Kier molecular flexibility index (Phi) is 3.26. The summed E-state index contributed by atoms with van der Waals surface area (Å²) in [6.07, 6.45) is 1.68. The number of aryl methyl sites for hydroxylation is 1. The Morgan fingerprint density at radius 2 is 2.25 bits per heavy atom. The summed E-state index contributed by atoms with van der Waals surface area (Å²) in [5.41, 5.74) is 1.79. The van der Waals surface area contributed by atoms with E-state index in [1.807, 2.05) is 36.7 Å². The van der Waals surface area contributed by atoms with E-state index >= 15 is 0 Å². The van der Waals surface area contributed by atoms with Crippen molar-refractivity contribution in [3.8, 4) is 0 Å². The van der Waals surface area contributed by atoms with Crippen LogP contribution in [0.2, 0.25) is 0 Å². The van der Waals surface area contributed by atoms with Gasteiger partial charge < -0.3 is 9.67 Å². The maximum Gasteiger partial charge on any atom is 0.174 e. The molecule has 0 aliphatic carbocycles. The standard InChI is InChI=1S/C11H13N3OS/c1-8-4-3-5-10(13-8)16-11-12-6-9(7-15)14(11)2/h3-6,15H,7H2,1-2H3. The fraction of sp³-hybridized carbons (Fsp3) is 0.273. The largest absolute Gasteiger partial charge is 0.390 e. The fourth-order valence-corrected chi connectivity index (χ4v) is 2.22. The molecule has 0 aromatic carbocycles. The quantitative estimate of drug-likeness (QED) is 0.881. The van der Waals surface area contributed by atoms with E-state index in [0.717, 1.165) is 21.6 Å². The SMILES string of the molecule is Cc1cccc(Sc2ncc(CO)n2C)n1. The van der Waals surface area contributed by atoms with Gasteiger partial charge in [-0.3, -0.25) is 0 Å². The lowest BCUT2D eigenvalue weighted by atomic mass is 10.4. The molecule has 0 fully saturated rings. The van der Waals surface area contributed by atoms with Crippen molar-refractivity contribution in [2.24, 2.45) is 7.05 Å². The summed E-state index contributed by atoms with van der Waals surface area (Å²) in [6, 6.07) is 5.88. The van der Waals surface area contributed by atoms with Gasteiger partial charge in [0, 0.05) is 12.7 Å². The van der Waals surface area contributed by atoms with Gasteiger partial charge in [-0.25, -0.2) is 9.97 Å². The van der Waals surface area contributed by atoms with Crippen LogP contribution in [0, 0.1) is 6.92 Å². The zero-order valence-electron chi connectivity index (χ0n) is 9.21. The lowest BCUT2D eigenvalue weighted by molar-refractivity contribution is 0.271. The number of pyridine rings is 1. The molecule has 0 amide bonds. The molecule has 0 saturated carbocycles. The van der Waals surface area contributed by atoms with Crippen molar-refractivity contribution in [3.05, 3.63) is 35.8 Å². The Morgan fingerprint density at radius 1 is 1.44 bits per heavy atom. The summed E-state index contributed by atoms with van der Waals surface area (Å²) < 4.78 is 1.87. The number of hydrogen-bond donors (Lipinski definition) is 1. The van der Waals surface area contributed by atoms with Crippen molar-refractivity contribution >= 4 is 11.8 Å². The van der Waals surface area contributed by atoms with Gasteiger partial charge in [-0.2, -0.15) is 0 Å². The van der Waals surface area contributed by atoms with Gasteiger partial charge in [-0.15, -0.1) is 0 Å². The minimum absolute atomic E-state index is 0.00526. The molecule has 16 heavy (non-hydrogen) atoms. The van der Waals surface area contributed by atoms with Gasteiger partial charge in [-0.1, -0.05) is 6.07 Å². The molecule has 0 spiro atoms. The zero-order valence-corrected chi connectivity index (χ0v) is 10.0. The van der Waals surface area contributed by atoms with Crippen LogP contribution in [0.15, 0.2) is 34.6 Å². The maximum absolute atomic E-state index is 9.06. The van der Waals surface area contributed by atoms with Gasteiger partial charge in [0.1, 0.15) is 5.03 Å². The summed E-state index contributed by atoms with van der Waals surface area (Å²) >= 11 is 1.49. The lowest BCUT2D eigenvalue weighted by Gasteiger charge is -2.03. The summed E-state index contributed by atoms with van der Waals surface area (Å²) in [6.45, 7) is 1.97. The lowest BCUT2D eigenvalue weighted by Crippen LogP contribution is -1.97. The number of hydrogen-bond acceptors (Lipinski definition) is 4. The van der Waals surface area contributed by atoms with Crippen LogP contribution in [0.5, 0.6) is 0 Å². The Morgan fingerprint density at radius 3 is 2.88 bits per heavy atom. The molecular weight excluding hydrogens is 222 g/mol. The molecule has 84 valence electrons. The molecule has 2 rings (SSSR count). The summed E-state index contributed by atoms with van der Waals surface area (Å²) in [5.74, 6) is 0. The molecule has 0 unspecified atom stereocenters. The first kappa shape index (κ1) is 11.2. The molecular formula is C11H13N3OS. The van der Waals surface area contributed by atoms with Crippen LogP contribution in [0.4, 0.5) is 0 Å². The zero-order chi connectivity index (χ0) is 11.5. The number of aliphatic hydroxyl groups excluding tert-OH is 1. The van der Waals surface area contributed by atoms with E-state index < -0.39 is 0 Å². The summed E-state index contributed by atoms with van der Waals surface area (Å²) in [7, 11) is 1.89. The van der Waals surface area contributed by atoms with E-state index in [2.05, 4.69) is 9.97 Å². The number of imidazole rings is 1. The van der Waals surface area contributed by atoms with Crippen molar-refractivity contribution in [1.82, 2.24) is 14.5 Å². The van der Waals surface area contributed by atoms with Gasteiger partial charge in [0.2, 0.25) is 0 Å². The van der Waals surface area contributed by atoms with E-state index in [4.69, 9.17) is 5.11 Å². The van der Waals surface area contributed by atoms with Crippen LogP contribution in [-0.2, 0) is 13.7 Å². The molecule has 0 aliphatic rings. The van der Waals surface area contributed by atoms with Crippen molar-refractivity contribution < 1.29 is 5.11 Å². The van der Waals surface area contributed by atoms with Gasteiger partial charge in [0.25, 0.3) is 0 Å². The maximum atomic E-state index is 9.06. The molecule has 5 heteroatoms. The number of nitrogens with zero attached hydrogens (tertiary/aromatic N) is 3. The fourth-order valence-electron chi connectivity index (χ4n) is 1.34. The van der Waals surface area contributed by atoms with Gasteiger partial charge in [0.05, 0.1) is 18.5 Å². The number of aliphatic hydroxyl groups is 1. The Bertz CT molecular complexity index is 496. The Labute approximate surface area is 98.4 Å². The van der Waals surface area contributed by atoms with Crippen LogP contribution >= 0.6 is 11.8 Å². The molecule has 1 N–H and O–H groups in total. The first-order chi connectivity index (χ1) is 7.70. The summed E-state index contributed by atoms with van der Waals surface area (Å²) in [5, 5.41) is 10.8.